The van der Waals surface area contributed by atoms with Gasteiger partial charge < -0.3 is 0 Å². The average molecular weight is 250 g/mol. The van der Waals surface area contributed by atoms with Crippen LogP contribution in [0.1, 0.15) is 40.5 Å². The van der Waals surface area contributed by atoms with Gasteiger partial charge in [0.15, 0.2) is 0 Å². The van der Waals surface area contributed by atoms with E-state index in [-0.39, 0.29) is 0 Å². The molecule has 0 aromatic carbocycles. The molecule has 1 heteroatoms. The fourth-order valence-corrected chi connectivity index (χ4v) is 1.47. The Kier molecular flexibility index (Phi) is 10.0. The van der Waals surface area contributed by atoms with Crippen molar-refractivity contribution in [2.45, 2.75) is 45.8 Å². The van der Waals surface area contributed by atoms with E-state index >= 15 is 0 Å². The molecule has 0 bridgehead atoms. The molecule has 0 heterocycles. The van der Waals surface area contributed by atoms with Gasteiger partial charge in [-0.2, -0.15) is 11.8 Å². The summed E-state index contributed by atoms with van der Waals surface area (Å²) in [6, 6.07) is 0. The molecule has 0 saturated heterocycles. The molecule has 0 aromatic heterocycles. The summed E-state index contributed by atoms with van der Waals surface area (Å²) in [5.41, 5.74) is 2.64. The van der Waals surface area contributed by atoms with Gasteiger partial charge in [0.1, 0.15) is 0 Å². The van der Waals surface area contributed by atoms with Crippen LogP contribution in [0.2, 0.25) is 0 Å². The second kappa shape index (κ2) is 10.5. The monoisotopic (exact) mass is 250 g/mol. The van der Waals surface area contributed by atoms with Gasteiger partial charge in [-0.25, -0.2) is 0 Å². The van der Waals surface area contributed by atoms with E-state index in [0.717, 1.165) is 6.42 Å². The fraction of sp³-hybridized carbons (Fsp3) is 0.500. The van der Waals surface area contributed by atoms with Gasteiger partial charge in [0, 0.05) is 5.25 Å². The first-order valence-electron chi connectivity index (χ1n) is 6.36. The highest BCUT2D eigenvalue weighted by atomic mass is 32.2. The predicted octanol–water partition coefficient (Wildman–Crippen LogP) is 5.54. The van der Waals surface area contributed by atoms with E-state index in [1.165, 1.54) is 17.6 Å². The van der Waals surface area contributed by atoms with Crippen LogP contribution >= 0.6 is 11.8 Å². The summed E-state index contributed by atoms with van der Waals surface area (Å²) in [6.07, 6.45) is 17.8. The van der Waals surface area contributed by atoms with E-state index in [2.05, 4.69) is 70.4 Å². The predicted molar refractivity (Wildman–Crippen MR) is 83.7 cm³/mol. The van der Waals surface area contributed by atoms with Crippen LogP contribution in [0.15, 0.2) is 47.6 Å². The molecule has 0 radical (unpaired) electrons. The van der Waals surface area contributed by atoms with Gasteiger partial charge in [0.2, 0.25) is 0 Å². The van der Waals surface area contributed by atoms with Crippen molar-refractivity contribution in [1.29, 1.82) is 0 Å². The average Bonchev–Trinajstić information content (AvgIpc) is 2.36. The van der Waals surface area contributed by atoms with E-state index < -0.39 is 0 Å². The van der Waals surface area contributed by atoms with Crippen molar-refractivity contribution >= 4 is 11.8 Å². The lowest BCUT2D eigenvalue weighted by atomic mass is 10.1. The molecule has 0 aliphatic carbocycles. The smallest absolute Gasteiger partial charge is 0.0199 e. The van der Waals surface area contributed by atoms with Crippen LogP contribution in [0.5, 0.6) is 0 Å². The number of rotatable bonds is 7. The summed E-state index contributed by atoms with van der Waals surface area (Å²) in [7, 11) is 0. The van der Waals surface area contributed by atoms with Crippen LogP contribution in [0.3, 0.4) is 0 Å². The van der Waals surface area contributed by atoms with E-state index in [4.69, 9.17) is 0 Å². The van der Waals surface area contributed by atoms with Gasteiger partial charge in [0.05, 0.1) is 0 Å². The third-order valence-electron chi connectivity index (χ3n) is 2.67. The minimum Gasteiger partial charge on any atom is -0.158 e. The Morgan fingerprint density at radius 2 is 2.06 bits per heavy atom. The minimum atomic E-state index is 0.572. The quantitative estimate of drug-likeness (QED) is 0.534. The Morgan fingerprint density at radius 1 is 1.35 bits per heavy atom. The van der Waals surface area contributed by atoms with E-state index in [0.29, 0.717) is 5.25 Å². The van der Waals surface area contributed by atoms with Gasteiger partial charge in [-0.3, -0.25) is 0 Å². The maximum absolute atomic E-state index is 2.26. The lowest BCUT2D eigenvalue weighted by Gasteiger charge is -2.03. The topological polar surface area (TPSA) is 0 Å². The number of hydrogen-bond acceptors (Lipinski definition) is 1. The second-order valence-corrected chi connectivity index (χ2v) is 5.33. The summed E-state index contributed by atoms with van der Waals surface area (Å²) < 4.78 is 0. The van der Waals surface area contributed by atoms with Gasteiger partial charge >= 0.3 is 0 Å². The summed E-state index contributed by atoms with van der Waals surface area (Å²) in [5.74, 6) is 0. The van der Waals surface area contributed by atoms with Crippen molar-refractivity contribution in [3.05, 3.63) is 47.6 Å². The highest BCUT2D eigenvalue weighted by Gasteiger charge is 1.95. The third kappa shape index (κ3) is 8.09. The summed E-state index contributed by atoms with van der Waals surface area (Å²) in [4.78, 5) is 0. The Labute approximate surface area is 112 Å². The number of unbranched alkanes of at least 4 members (excludes halogenated alkanes) is 1. The molecule has 0 saturated carbocycles. The molecule has 0 aliphatic rings. The molecular formula is C16H26S. The Hall–Kier alpha value is -0.690. The zero-order chi connectivity index (χ0) is 13.1. The molecule has 0 aliphatic heterocycles. The standard InChI is InChI=1S/C16H26S/c1-6-8-9-10-11-16(14(3)7-2)13-12-15(4)17-5/h7,9-13,15H,6,8H2,1-5H3. The van der Waals surface area contributed by atoms with Crippen molar-refractivity contribution in [2.24, 2.45) is 0 Å². The highest BCUT2D eigenvalue weighted by molar-refractivity contribution is 7.99. The molecule has 96 valence electrons. The molecule has 0 fully saturated rings. The maximum atomic E-state index is 2.26. The Balaban J connectivity index is 4.71. The SMILES string of the molecule is CC=C(C)C(C=CC(C)SC)=CC=CCCC. The van der Waals surface area contributed by atoms with Gasteiger partial charge in [0.25, 0.3) is 0 Å². The van der Waals surface area contributed by atoms with Gasteiger partial charge in [-0.15, -0.1) is 0 Å². The van der Waals surface area contributed by atoms with Crippen molar-refractivity contribution in [3.63, 3.8) is 0 Å². The van der Waals surface area contributed by atoms with Crippen molar-refractivity contribution < 1.29 is 0 Å². The molecule has 0 amide bonds. The van der Waals surface area contributed by atoms with Crippen LogP contribution in [0.4, 0.5) is 0 Å². The van der Waals surface area contributed by atoms with Crippen molar-refractivity contribution in [2.75, 3.05) is 6.26 Å². The van der Waals surface area contributed by atoms with Crippen LogP contribution in [-0.2, 0) is 0 Å². The summed E-state index contributed by atoms with van der Waals surface area (Å²) >= 11 is 1.87. The van der Waals surface area contributed by atoms with Crippen LogP contribution in [-0.4, -0.2) is 11.5 Å². The van der Waals surface area contributed by atoms with E-state index in [1.54, 1.807) is 0 Å². The lowest BCUT2D eigenvalue weighted by Crippen LogP contribution is -1.88. The minimum absolute atomic E-state index is 0.572. The van der Waals surface area contributed by atoms with Crippen molar-refractivity contribution in [3.8, 4) is 0 Å². The van der Waals surface area contributed by atoms with E-state index in [9.17, 15) is 0 Å². The Morgan fingerprint density at radius 3 is 2.59 bits per heavy atom. The first kappa shape index (κ1) is 16.3. The van der Waals surface area contributed by atoms with Crippen LogP contribution in [0, 0.1) is 0 Å². The second-order valence-electron chi connectivity index (χ2n) is 4.11. The summed E-state index contributed by atoms with van der Waals surface area (Å²) in [5, 5.41) is 0.572. The summed E-state index contributed by atoms with van der Waals surface area (Å²) in [6.45, 7) is 8.67. The number of hydrogen-bond donors (Lipinski definition) is 0. The zero-order valence-corrected chi connectivity index (χ0v) is 12.7. The Bertz CT molecular complexity index is 305. The highest BCUT2D eigenvalue weighted by Crippen LogP contribution is 2.14. The number of allylic oxidation sites excluding steroid dienone is 7. The first-order chi connectivity index (χ1) is 8.15. The fourth-order valence-electron chi connectivity index (χ4n) is 1.24. The molecule has 0 N–H and O–H groups in total. The van der Waals surface area contributed by atoms with Gasteiger partial charge in [-0.1, -0.05) is 49.8 Å². The third-order valence-corrected chi connectivity index (χ3v) is 3.57. The largest absolute Gasteiger partial charge is 0.158 e. The molecule has 1 atom stereocenters. The molecule has 1 unspecified atom stereocenters. The molecule has 0 aromatic rings. The van der Waals surface area contributed by atoms with Crippen molar-refractivity contribution in [1.82, 2.24) is 0 Å². The molecular weight excluding hydrogens is 224 g/mol. The van der Waals surface area contributed by atoms with E-state index in [1.807, 2.05) is 11.8 Å². The molecule has 0 spiro atoms. The maximum Gasteiger partial charge on any atom is 0.0199 e. The normalized spacial score (nSPS) is 16.1. The first-order valence-corrected chi connectivity index (χ1v) is 7.65. The van der Waals surface area contributed by atoms with Crippen LogP contribution in [0.25, 0.3) is 0 Å². The molecule has 0 rings (SSSR count). The zero-order valence-electron chi connectivity index (χ0n) is 11.9. The van der Waals surface area contributed by atoms with Crippen LogP contribution < -0.4 is 0 Å². The molecule has 17 heavy (non-hydrogen) atoms. The van der Waals surface area contributed by atoms with Gasteiger partial charge in [-0.05, 0) is 44.6 Å². The number of thioether (sulfide) groups is 1. The molecule has 0 nitrogen and oxygen atoms in total. The lowest BCUT2D eigenvalue weighted by molar-refractivity contribution is 0.959.